The summed E-state index contributed by atoms with van der Waals surface area (Å²) in [5, 5.41) is 5.43. The standard InChI is InChI=1S/C22H19Cl2NS/c1-14-10-11-19-16(12-14)21(26-15-6-3-2-4-7-15)13-20(25-19)22-17(23)8-5-9-18(22)24/h2-12,20-21,25H,13H2,1H3. The summed E-state index contributed by atoms with van der Waals surface area (Å²) in [7, 11) is 0. The number of benzene rings is 3. The van der Waals surface area contributed by atoms with Gasteiger partial charge in [-0.15, -0.1) is 11.8 Å². The number of fused-ring (bicyclic) bond motifs is 1. The Morgan fingerprint density at radius 2 is 1.65 bits per heavy atom. The van der Waals surface area contributed by atoms with Gasteiger partial charge in [-0.3, -0.25) is 0 Å². The van der Waals surface area contributed by atoms with E-state index in [1.54, 1.807) is 0 Å². The number of halogens is 2. The summed E-state index contributed by atoms with van der Waals surface area (Å²) in [5.41, 5.74) is 4.77. The van der Waals surface area contributed by atoms with Gasteiger partial charge in [-0.05, 0) is 49.2 Å². The summed E-state index contributed by atoms with van der Waals surface area (Å²) in [4.78, 5) is 1.27. The summed E-state index contributed by atoms with van der Waals surface area (Å²) < 4.78 is 0. The zero-order chi connectivity index (χ0) is 18.1. The van der Waals surface area contributed by atoms with Gasteiger partial charge in [-0.25, -0.2) is 0 Å². The zero-order valence-corrected chi connectivity index (χ0v) is 16.7. The van der Waals surface area contributed by atoms with Crippen LogP contribution in [0.4, 0.5) is 5.69 Å². The molecular weight excluding hydrogens is 381 g/mol. The highest BCUT2D eigenvalue weighted by molar-refractivity contribution is 7.99. The summed E-state index contributed by atoms with van der Waals surface area (Å²) in [6.07, 6.45) is 0.930. The van der Waals surface area contributed by atoms with E-state index in [1.807, 2.05) is 30.0 Å². The second kappa shape index (κ2) is 7.56. The van der Waals surface area contributed by atoms with E-state index in [1.165, 1.54) is 16.0 Å². The number of aryl methyl sites for hydroxylation is 1. The Morgan fingerprint density at radius 3 is 2.38 bits per heavy atom. The van der Waals surface area contributed by atoms with Crippen molar-refractivity contribution in [2.45, 2.75) is 29.5 Å². The van der Waals surface area contributed by atoms with Crippen molar-refractivity contribution >= 4 is 40.7 Å². The second-order valence-corrected chi connectivity index (χ2v) is 8.67. The van der Waals surface area contributed by atoms with Gasteiger partial charge in [-0.1, -0.05) is 65.2 Å². The van der Waals surface area contributed by atoms with Crippen LogP contribution >= 0.6 is 35.0 Å². The number of thioether (sulfide) groups is 1. The Balaban J connectivity index is 1.74. The number of rotatable bonds is 3. The van der Waals surface area contributed by atoms with E-state index < -0.39 is 0 Å². The third-order valence-electron chi connectivity index (χ3n) is 4.70. The van der Waals surface area contributed by atoms with E-state index in [0.717, 1.165) is 17.7 Å². The molecule has 3 aromatic carbocycles. The van der Waals surface area contributed by atoms with Crippen molar-refractivity contribution in [2.24, 2.45) is 0 Å². The molecule has 0 amide bonds. The molecule has 1 aliphatic rings. The minimum atomic E-state index is 0.0904. The van der Waals surface area contributed by atoms with Crippen LogP contribution in [0.2, 0.25) is 10.0 Å². The first-order valence-corrected chi connectivity index (χ1v) is 10.3. The molecule has 2 unspecified atom stereocenters. The molecule has 4 heteroatoms. The predicted octanol–water partition coefficient (Wildman–Crippen LogP) is 7.69. The molecule has 26 heavy (non-hydrogen) atoms. The topological polar surface area (TPSA) is 12.0 Å². The van der Waals surface area contributed by atoms with Crippen molar-refractivity contribution in [2.75, 3.05) is 5.32 Å². The van der Waals surface area contributed by atoms with Crippen molar-refractivity contribution in [3.05, 3.63) is 93.5 Å². The lowest BCUT2D eigenvalue weighted by Gasteiger charge is -2.34. The molecule has 0 spiro atoms. The van der Waals surface area contributed by atoms with Crippen LogP contribution in [0, 0.1) is 6.92 Å². The molecule has 3 aromatic rings. The molecule has 0 radical (unpaired) electrons. The van der Waals surface area contributed by atoms with Gasteiger partial charge in [0.2, 0.25) is 0 Å². The van der Waals surface area contributed by atoms with Gasteiger partial charge in [-0.2, -0.15) is 0 Å². The Morgan fingerprint density at radius 1 is 0.923 bits per heavy atom. The van der Waals surface area contributed by atoms with Crippen LogP contribution in [0.3, 0.4) is 0 Å². The highest BCUT2D eigenvalue weighted by Crippen LogP contribution is 2.50. The molecule has 0 saturated carbocycles. The Hall–Kier alpha value is -1.61. The summed E-state index contributed by atoms with van der Waals surface area (Å²) in [6, 6.07) is 23.0. The molecule has 0 fully saturated rings. The van der Waals surface area contributed by atoms with Crippen LogP contribution in [0.5, 0.6) is 0 Å². The van der Waals surface area contributed by atoms with Gasteiger partial charge < -0.3 is 5.32 Å². The van der Waals surface area contributed by atoms with Gasteiger partial charge in [0.25, 0.3) is 0 Å². The van der Waals surface area contributed by atoms with Crippen LogP contribution < -0.4 is 5.32 Å². The first-order valence-electron chi connectivity index (χ1n) is 8.64. The average molecular weight is 400 g/mol. The van der Waals surface area contributed by atoms with Gasteiger partial charge in [0, 0.05) is 31.4 Å². The van der Waals surface area contributed by atoms with Crippen LogP contribution in [0.1, 0.15) is 34.4 Å². The van der Waals surface area contributed by atoms with Crippen LogP contribution in [-0.2, 0) is 0 Å². The fourth-order valence-electron chi connectivity index (χ4n) is 3.48. The average Bonchev–Trinajstić information content (AvgIpc) is 2.63. The van der Waals surface area contributed by atoms with Crippen molar-refractivity contribution in [1.29, 1.82) is 0 Å². The van der Waals surface area contributed by atoms with Crippen molar-refractivity contribution in [3.63, 3.8) is 0 Å². The molecule has 132 valence electrons. The molecule has 1 heterocycles. The summed E-state index contributed by atoms with van der Waals surface area (Å²) in [5.74, 6) is 0. The van der Waals surface area contributed by atoms with E-state index in [-0.39, 0.29) is 6.04 Å². The van der Waals surface area contributed by atoms with E-state index >= 15 is 0 Å². The summed E-state index contributed by atoms with van der Waals surface area (Å²) >= 11 is 14.9. The van der Waals surface area contributed by atoms with Gasteiger partial charge in [0.1, 0.15) is 0 Å². The number of hydrogen-bond acceptors (Lipinski definition) is 2. The first-order chi connectivity index (χ1) is 12.6. The monoisotopic (exact) mass is 399 g/mol. The maximum absolute atomic E-state index is 6.49. The van der Waals surface area contributed by atoms with E-state index in [2.05, 4.69) is 60.8 Å². The Bertz CT molecular complexity index is 906. The van der Waals surface area contributed by atoms with Crippen molar-refractivity contribution in [3.8, 4) is 0 Å². The predicted molar refractivity (Wildman–Crippen MR) is 114 cm³/mol. The first kappa shape index (κ1) is 17.8. The molecule has 1 N–H and O–H groups in total. The molecule has 2 atom stereocenters. The van der Waals surface area contributed by atoms with Gasteiger partial charge in [0.05, 0.1) is 6.04 Å². The second-order valence-electron chi connectivity index (χ2n) is 6.58. The lowest BCUT2D eigenvalue weighted by atomic mass is 9.92. The fourth-order valence-corrected chi connectivity index (χ4v) is 5.39. The normalized spacial score (nSPS) is 18.9. The quantitative estimate of drug-likeness (QED) is 0.484. The van der Waals surface area contributed by atoms with Gasteiger partial charge in [0.15, 0.2) is 0 Å². The number of hydrogen-bond donors (Lipinski definition) is 1. The van der Waals surface area contributed by atoms with Crippen LogP contribution in [-0.4, -0.2) is 0 Å². The molecule has 4 rings (SSSR count). The fraction of sp³-hybridized carbons (Fsp3) is 0.182. The van der Waals surface area contributed by atoms with E-state index in [0.29, 0.717) is 15.3 Å². The molecule has 0 aliphatic carbocycles. The summed E-state index contributed by atoms with van der Waals surface area (Å²) in [6.45, 7) is 2.14. The molecule has 1 nitrogen and oxygen atoms in total. The maximum Gasteiger partial charge on any atom is 0.0557 e. The third-order valence-corrected chi connectivity index (χ3v) is 6.64. The maximum atomic E-state index is 6.49. The van der Waals surface area contributed by atoms with Crippen molar-refractivity contribution in [1.82, 2.24) is 0 Å². The lowest BCUT2D eigenvalue weighted by molar-refractivity contribution is 0.657. The highest BCUT2D eigenvalue weighted by Gasteiger charge is 2.30. The van der Waals surface area contributed by atoms with Crippen LogP contribution in [0.15, 0.2) is 71.6 Å². The third kappa shape index (κ3) is 3.59. The Labute approximate surface area is 168 Å². The van der Waals surface area contributed by atoms with Crippen molar-refractivity contribution < 1.29 is 0 Å². The van der Waals surface area contributed by atoms with E-state index in [9.17, 15) is 0 Å². The molecule has 0 aromatic heterocycles. The molecule has 1 aliphatic heterocycles. The smallest absolute Gasteiger partial charge is 0.0557 e. The van der Waals surface area contributed by atoms with Gasteiger partial charge >= 0.3 is 0 Å². The Kier molecular flexibility index (Phi) is 5.17. The minimum Gasteiger partial charge on any atom is -0.378 e. The number of anilines is 1. The minimum absolute atomic E-state index is 0.0904. The SMILES string of the molecule is Cc1ccc2c(c1)C(Sc1ccccc1)CC(c1c(Cl)cccc1Cl)N2. The largest absolute Gasteiger partial charge is 0.378 e. The number of nitrogens with one attached hydrogen (secondary N) is 1. The zero-order valence-electron chi connectivity index (χ0n) is 14.4. The molecular formula is C22H19Cl2NS. The van der Waals surface area contributed by atoms with Crippen LogP contribution in [0.25, 0.3) is 0 Å². The molecule has 0 saturated heterocycles. The molecule has 0 bridgehead atoms. The highest BCUT2D eigenvalue weighted by atomic mass is 35.5. The lowest BCUT2D eigenvalue weighted by Crippen LogP contribution is -2.21. The van der Waals surface area contributed by atoms with E-state index in [4.69, 9.17) is 23.2 Å².